The Bertz CT molecular complexity index is 426. The number of hydrogen-bond donors (Lipinski definition) is 2. The Morgan fingerprint density at radius 1 is 1.31 bits per heavy atom. The summed E-state index contributed by atoms with van der Waals surface area (Å²) in [6.45, 7) is 5.09. The van der Waals surface area contributed by atoms with Crippen molar-refractivity contribution in [3.8, 4) is 0 Å². The van der Waals surface area contributed by atoms with Crippen LogP contribution in [0, 0.1) is 0 Å². The third-order valence-electron chi connectivity index (χ3n) is 2.41. The highest BCUT2D eigenvalue weighted by Gasteiger charge is 2.09. The van der Waals surface area contributed by atoms with Crippen LogP contribution in [0.5, 0.6) is 0 Å². The molecule has 0 spiro atoms. The lowest BCUT2D eigenvalue weighted by atomic mass is 10.1. The van der Waals surface area contributed by atoms with E-state index in [4.69, 9.17) is 5.14 Å². The van der Waals surface area contributed by atoms with Gasteiger partial charge in [0.25, 0.3) is 0 Å². The molecule has 0 aromatic heterocycles. The predicted octanol–water partition coefficient (Wildman–Crippen LogP) is 1.39. The maximum Gasteiger partial charge on any atom is 0.238 e. The van der Waals surface area contributed by atoms with Crippen molar-refractivity contribution in [3.05, 3.63) is 29.8 Å². The van der Waals surface area contributed by atoms with Crippen molar-refractivity contribution < 1.29 is 8.42 Å². The predicted molar refractivity (Wildman–Crippen MR) is 64.5 cm³/mol. The first-order valence-corrected chi connectivity index (χ1v) is 6.86. The summed E-state index contributed by atoms with van der Waals surface area (Å²) in [5.41, 5.74) is 1.06. The van der Waals surface area contributed by atoms with Crippen LogP contribution in [0.4, 0.5) is 0 Å². The number of nitrogens with two attached hydrogens (primary N) is 1. The molecule has 1 aromatic carbocycles. The van der Waals surface area contributed by atoms with Gasteiger partial charge in [0, 0.05) is 6.04 Å². The summed E-state index contributed by atoms with van der Waals surface area (Å²) in [6.07, 6.45) is 1.07. The average Bonchev–Trinajstić information content (AvgIpc) is 2.25. The van der Waals surface area contributed by atoms with Crippen LogP contribution in [-0.4, -0.2) is 15.0 Å². The molecule has 1 unspecified atom stereocenters. The minimum Gasteiger partial charge on any atom is -0.310 e. The van der Waals surface area contributed by atoms with E-state index in [1.807, 2.05) is 6.92 Å². The van der Waals surface area contributed by atoms with Crippen LogP contribution >= 0.6 is 0 Å². The molecule has 1 aromatic rings. The number of nitrogens with one attached hydrogen (secondary N) is 1. The van der Waals surface area contributed by atoms with Crippen LogP contribution in [0.3, 0.4) is 0 Å². The molecule has 16 heavy (non-hydrogen) atoms. The zero-order valence-electron chi connectivity index (χ0n) is 9.60. The highest BCUT2D eigenvalue weighted by atomic mass is 32.2. The van der Waals surface area contributed by atoms with E-state index in [0.717, 1.165) is 18.5 Å². The Morgan fingerprint density at radius 2 is 1.88 bits per heavy atom. The first kappa shape index (κ1) is 13.2. The van der Waals surface area contributed by atoms with Gasteiger partial charge in [0.2, 0.25) is 10.0 Å². The Labute approximate surface area is 96.9 Å². The minimum atomic E-state index is -3.58. The lowest BCUT2D eigenvalue weighted by Gasteiger charge is -2.13. The molecule has 0 aliphatic heterocycles. The molecule has 0 bridgehead atoms. The van der Waals surface area contributed by atoms with E-state index in [1.54, 1.807) is 12.1 Å². The van der Waals surface area contributed by atoms with E-state index in [1.165, 1.54) is 12.1 Å². The maximum atomic E-state index is 11.0. The van der Waals surface area contributed by atoms with Crippen molar-refractivity contribution in [2.75, 3.05) is 6.54 Å². The van der Waals surface area contributed by atoms with Crippen molar-refractivity contribution >= 4 is 10.0 Å². The van der Waals surface area contributed by atoms with Gasteiger partial charge in [0.1, 0.15) is 0 Å². The van der Waals surface area contributed by atoms with Gasteiger partial charge in [-0.05, 0) is 37.6 Å². The van der Waals surface area contributed by atoms with Crippen molar-refractivity contribution in [1.82, 2.24) is 5.32 Å². The van der Waals surface area contributed by atoms with Crippen LogP contribution in [0.15, 0.2) is 29.2 Å². The van der Waals surface area contributed by atoms with Gasteiger partial charge in [-0.15, -0.1) is 0 Å². The van der Waals surface area contributed by atoms with Gasteiger partial charge >= 0.3 is 0 Å². The van der Waals surface area contributed by atoms with Crippen molar-refractivity contribution in [3.63, 3.8) is 0 Å². The molecule has 0 heterocycles. The fourth-order valence-electron chi connectivity index (χ4n) is 1.42. The van der Waals surface area contributed by atoms with E-state index in [-0.39, 0.29) is 10.9 Å². The zero-order chi connectivity index (χ0) is 12.2. The molecule has 0 fully saturated rings. The molecule has 90 valence electrons. The quantitative estimate of drug-likeness (QED) is 0.819. The van der Waals surface area contributed by atoms with Crippen molar-refractivity contribution in [2.24, 2.45) is 5.14 Å². The number of hydrogen-bond acceptors (Lipinski definition) is 3. The molecule has 0 aliphatic rings. The Balaban J connectivity index is 2.79. The van der Waals surface area contributed by atoms with Crippen LogP contribution in [0.2, 0.25) is 0 Å². The van der Waals surface area contributed by atoms with Gasteiger partial charge in [-0.3, -0.25) is 0 Å². The Hall–Kier alpha value is -0.910. The van der Waals surface area contributed by atoms with Crippen molar-refractivity contribution in [2.45, 2.75) is 31.2 Å². The summed E-state index contributed by atoms with van der Waals surface area (Å²) in [4.78, 5) is 0.152. The number of sulfonamides is 1. The summed E-state index contributed by atoms with van der Waals surface area (Å²) >= 11 is 0. The zero-order valence-corrected chi connectivity index (χ0v) is 10.4. The molecule has 0 radical (unpaired) electrons. The van der Waals surface area contributed by atoms with Crippen LogP contribution < -0.4 is 10.5 Å². The molecular formula is C11H18N2O2S. The second-order valence-corrected chi connectivity index (χ2v) is 5.35. The van der Waals surface area contributed by atoms with Gasteiger partial charge < -0.3 is 5.32 Å². The molecular weight excluding hydrogens is 224 g/mol. The van der Waals surface area contributed by atoms with E-state index in [0.29, 0.717) is 0 Å². The highest BCUT2D eigenvalue weighted by molar-refractivity contribution is 7.89. The lowest BCUT2D eigenvalue weighted by molar-refractivity contribution is 0.570. The summed E-state index contributed by atoms with van der Waals surface area (Å²) in [7, 11) is -3.58. The molecule has 5 heteroatoms. The van der Waals surface area contributed by atoms with Crippen molar-refractivity contribution in [1.29, 1.82) is 0 Å². The van der Waals surface area contributed by atoms with E-state index in [2.05, 4.69) is 12.2 Å². The van der Waals surface area contributed by atoms with Gasteiger partial charge in [-0.2, -0.15) is 0 Å². The fraction of sp³-hybridized carbons (Fsp3) is 0.455. The minimum absolute atomic E-state index is 0.152. The molecule has 0 aliphatic carbocycles. The van der Waals surface area contributed by atoms with Gasteiger partial charge in [0.15, 0.2) is 0 Å². The monoisotopic (exact) mass is 242 g/mol. The lowest BCUT2D eigenvalue weighted by Crippen LogP contribution is -2.19. The fourth-order valence-corrected chi connectivity index (χ4v) is 1.94. The SMILES string of the molecule is CCCNC(C)c1ccc(S(N)(=O)=O)cc1. The Kier molecular flexibility index (Phi) is 4.46. The standard InChI is InChI=1S/C11H18N2O2S/c1-3-8-13-9(2)10-4-6-11(7-5-10)16(12,14)15/h4-7,9,13H,3,8H2,1-2H3,(H2,12,14,15). The molecule has 0 amide bonds. The first-order valence-electron chi connectivity index (χ1n) is 5.31. The molecule has 0 saturated heterocycles. The van der Waals surface area contributed by atoms with Gasteiger partial charge in [-0.1, -0.05) is 19.1 Å². The van der Waals surface area contributed by atoms with E-state index >= 15 is 0 Å². The van der Waals surface area contributed by atoms with Gasteiger partial charge in [0.05, 0.1) is 4.90 Å². The van der Waals surface area contributed by atoms with Gasteiger partial charge in [-0.25, -0.2) is 13.6 Å². The number of primary sulfonamides is 1. The maximum absolute atomic E-state index is 11.0. The third-order valence-corrected chi connectivity index (χ3v) is 3.34. The molecule has 4 nitrogen and oxygen atoms in total. The topological polar surface area (TPSA) is 72.2 Å². The highest BCUT2D eigenvalue weighted by Crippen LogP contribution is 2.15. The summed E-state index contributed by atoms with van der Waals surface area (Å²) in [5.74, 6) is 0. The largest absolute Gasteiger partial charge is 0.310 e. The molecule has 0 saturated carbocycles. The summed E-state index contributed by atoms with van der Waals surface area (Å²) in [5, 5.41) is 8.35. The normalized spacial score (nSPS) is 13.7. The summed E-state index contributed by atoms with van der Waals surface area (Å²) in [6, 6.07) is 6.86. The third kappa shape index (κ3) is 3.59. The van der Waals surface area contributed by atoms with E-state index < -0.39 is 10.0 Å². The average molecular weight is 242 g/mol. The van der Waals surface area contributed by atoms with Crippen LogP contribution in [0.1, 0.15) is 31.9 Å². The summed E-state index contributed by atoms with van der Waals surface area (Å²) < 4.78 is 22.1. The Morgan fingerprint density at radius 3 is 2.31 bits per heavy atom. The van der Waals surface area contributed by atoms with Crippen LogP contribution in [-0.2, 0) is 10.0 Å². The smallest absolute Gasteiger partial charge is 0.238 e. The molecule has 3 N–H and O–H groups in total. The number of rotatable bonds is 5. The van der Waals surface area contributed by atoms with E-state index in [9.17, 15) is 8.42 Å². The molecule has 1 rings (SSSR count). The first-order chi connectivity index (χ1) is 7.45. The molecule has 1 atom stereocenters. The number of benzene rings is 1. The second kappa shape index (κ2) is 5.43. The second-order valence-electron chi connectivity index (χ2n) is 3.79. The van der Waals surface area contributed by atoms with Crippen LogP contribution in [0.25, 0.3) is 0 Å².